The topological polar surface area (TPSA) is 53.7 Å². The number of carboxylic acids is 1. The molecule has 5 heteroatoms. The lowest BCUT2D eigenvalue weighted by atomic mass is 10.1. The zero-order chi connectivity index (χ0) is 13.2. The molecule has 0 bridgehead atoms. The Hall–Kier alpha value is -0.940. The van der Waals surface area contributed by atoms with Gasteiger partial charge in [0.25, 0.3) is 0 Å². The fourth-order valence-corrected chi connectivity index (χ4v) is 3.15. The highest BCUT2D eigenvalue weighted by Gasteiger charge is 2.24. The van der Waals surface area contributed by atoms with Crippen LogP contribution in [0.4, 0.5) is 0 Å². The minimum atomic E-state index is -0.933. The molecule has 0 aliphatic carbocycles. The van der Waals surface area contributed by atoms with Crippen LogP contribution >= 0.6 is 11.8 Å². The maximum atomic E-state index is 10.8. The molecular formula is C13H19NO3S. The summed E-state index contributed by atoms with van der Waals surface area (Å²) in [5.74, 6) is 0.911. The van der Waals surface area contributed by atoms with E-state index in [0.29, 0.717) is 11.3 Å². The number of thioether (sulfide) groups is 1. The molecule has 1 aliphatic rings. The van der Waals surface area contributed by atoms with Gasteiger partial charge in [-0.25, -0.2) is 4.79 Å². The van der Waals surface area contributed by atoms with E-state index in [9.17, 15) is 4.79 Å². The first-order valence-corrected chi connectivity index (χ1v) is 7.12. The van der Waals surface area contributed by atoms with Crippen molar-refractivity contribution >= 4 is 17.7 Å². The van der Waals surface area contributed by atoms with Crippen LogP contribution in [-0.4, -0.2) is 39.6 Å². The van der Waals surface area contributed by atoms with Gasteiger partial charge < -0.3 is 9.52 Å². The Bertz CT molecular complexity index is 428. The van der Waals surface area contributed by atoms with Crippen molar-refractivity contribution in [2.75, 3.05) is 18.8 Å². The molecule has 1 aromatic rings. The van der Waals surface area contributed by atoms with Gasteiger partial charge in [0.1, 0.15) is 12.0 Å². The molecule has 1 aromatic heterocycles. The molecule has 2 heterocycles. The van der Waals surface area contributed by atoms with Gasteiger partial charge in [-0.05, 0) is 19.0 Å². The Kier molecular flexibility index (Phi) is 4.02. The summed E-state index contributed by atoms with van der Waals surface area (Å²) in [6.45, 7) is 7.30. The van der Waals surface area contributed by atoms with Gasteiger partial charge in [0.15, 0.2) is 0 Å². The maximum Gasteiger partial charge on any atom is 0.338 e. The number of rotatable bonds is 3. The van der Waals surface area contributed by atoms with Crippen molar-refractivity contribution in [3.63, 3.8) is 0 Å². The number of furan rings is 1. The Morgan fingerprint density at radius 3 is 3.00 bits per heavy atom. The molecule has 0 atom stereocenters. The van der Waals surface area contributed by atoms with Crippen molar-refractivity contribution in [1.29, 1.82) is 0 Å². The molecule has 0 saturated carbocycles. The molecule has 18 heavy (non-hydrogen) atoms. The molecule has 2 rings (SSSR count). The zero-order valence-corrected chi connectivity index (χ0v) is 11.6. The van der Waals surface area contributed by atoms with Crippen LogP contribution in [0.2, 0.25) is 0 Å². The van der Waals surface area contributed by atoms with Crippen LogP contribution in [0.5, 0.6) is 0 Å². The van der Waals surface area contributed by atoms with E-state index in [2.05, 4.69) is 18.7 Å². The van der Waals surface area contributed by atoms with E-state index >= 15 is 0 Å². The average Bonchev–Trinajstić information content (AvgIpc) is 2.67. The Morgan fingerprint density at radius 1 is 1.56 bits per heavy atom. The second-order valence-corrected chi connectivity index (χ2v) is 7.04. The summed E-state index contributed by atoms with van der Waals surface area (Å²) in [7, 11) is 0. The molecule has 1 fully saturated rings. The van der Waals surface area contributed by atoms with E-state index in [1.54, 1.807) is 6.07 Å². The van der Waals surface area contributed by atoms with E-state index < -0.39 is 5.97 Å². The van der Waals surface area contributed by atoms with Gasteiger partial charge >= 0.3 is 5.97 Å². The van der Waals surface area contributed by atoms with Gasteiger partial charge in [-0.3, -0.25) is 4.90 Å². The SMILES string of the molecule is CC1(C)CCN(Cc2cc(C(=O)O)co2)CCS1. The Morgan fingerprint density at radius 2 is 2.33 bits per heavy atom. The molecule has 4 nitrogen and oxygen atoms in total. The fraction of sp³-hybridized carbons (Fsp3) is 0.615. The lowest BCUT2D eigenvalue weighted by molar-refractivity contribution is 0.0696. The van der Waals surface area contributed by atoms with Crippen LogP contribution in [0.15, 0.2) is 16.7 Å². The number of carbonyl (C=O) groups is 1. The van der Waals surface area contributed by atoms with Crippen LogP contribution < -0.4 is 0 Å². The smallest absolute Gasteiger partial charge is 0.338 e. The Labute approximate surface area is 111 Å². The van der Waals surface area contributed by atoms with Crippen LogP contribution in [0.25, 0.3) is 0 Å². The van der Waals surface area contributed by atoms with Crippen molar-refractivity contribution < 1.29 is 14.3 Å². The van der Waals surface area contributed by atoms with E-state index in [-0.39, 0.29) is 5.56 Å². The van der Waals surface area contributed by atoms with Crippen LogP contribution in [0.1, 0.15) is 36.4 Å². The molecule has 100 valence electrons. The first kappa shape index (κ1) is 13.5. The third kappa shape index (κ3) is 3.53. The van der Waals surface area contributed by atoms with E-state index in [1.807, 2.05) is 11.8 Å². The predicted octanol–water partition coefficient (Wildman–Crippen LogP) is 2.70. The number of carboxylic acid groups (broad SMARTS) is 1. The molecule has 0 radical (unpaired) electrons. The summed E-state index contributed by atoms with van der Waals surface area (Å²) >= 11 is 2.00. The molecule has 0 aromatic carbocycles. The summed E-state index contributed by atoms with van der Waals surface area (Å²) in [6, 6.07) is 1.62. The van der Waals surface area contributed by atoms with Gasteiger partial charge in [-0.15, -0.1) is 0 Å². The lowest BCUT2D eigenvalue weighted by Gasteiger charge is -2.21. The molecule has 0 unspecified atom stereocenters. The summed E-state index contributed by atoms with van der Waals surface area (Å²) in [5, 5.41) is 8.84. The third-order valence-corrected chi connectivity index (χ3v) is 4.58. The average molecular weight is 269 g/mol. The van der Waals surface area contributed by atoms with Gasteiger partial charge in [0, 0.05) is 17.0 Å². The Balaban J connectivity index is 1.94. The normalized spacial score (nSPS) is 20.6. The number of hydrogen-bond acceptors (Lipinski definition) is 4. The summed E-state index contributed by atoms with van der Waals surface area (Å²) < 4.78 is 5.63. The summed E-state index contributed by atoms with van der Waals surface area (Å²) in [6.07, 6.45) is 2.46. The van der Waals surface area contributed by atoms with Crippen LogP contribution in [0, 0.1) is 0 Å². The van der Waals surface area contributed by atoms with E-state index in [0.717, 1.165) is 31.0 Å². The van der Waals surface area contributed by atoms with Crippen molar-refractivity contribution in [2.45, 2.75) is 31.6 Å². The third-order valence-electron chi connectivity index (χ3n) is 3.21. The molecule has 1 aliphatic heterocycles. The van der Waals surface area contributed by atoms with Gasteiger partial charge in [-0.1, -0.05) is 13.8 Å². The molecular weight excluding hydrogens is 250 g/mol. The number of aromatic carboxylic acids is 1. The highest BCUT2D eigenvalue weighted by Crippen LogP contribution is 2.31. The number of nitrogens with zero attached hydrogens (tertiary/aromatic N) is 1. The minimum absolute atomic E-state index is 0.231. The number of hydrogen-bond donors (Lipinski definition) is 1. The molecule has 0 spiro atoms. The van der Waals surface area contributed by atoms with E-state index in [1.165, 1.54) is 6.26 Å². The van der Waals surface area contributed by atoms with Crippen molar-refractivity contribution in [3.05, 3.63) is 23.7 Å². The molecule has 1 saturated heterocycles. The first-order valence-electron chi connectivity index (χ1n) is 6.13. The van der Waals surface area contributed by atoms with Gasteiger partial charge in [0.05, 0.1) is 12.1 Å². The largest absolute Gasteiger partial charge is 0.478 e. The quantitative estimate of drug-likeness (QED) is 0.914. The minimum Gasteiger partial charge on any atom is -0.478 e. The summed E-state index contributed by atoms with van der Waals surface area (Å²) in [5.41, 5.74) is 0.231. The highest BCUT2D eigenvalue weighted by atomic mass is 32.2. The van der Waals surface area contributed by atoms with Crippen LogP contribution in [0.3, 0.4) is 0 Å². The second-order valence-electron chi connectivity index (χ2n) is 5.24. The maximum absolute atomic E-state index is 10.8. The first-order chi connectivity index (χ1) is 8.46. The van der Waals surface area contributed by atoms with Gasteiger partial charge in [-0.2, -0.15) is 11.8 Å². The van der Waals surface area contributed by atoms with Crippen molar-refractivity contribution in [3.8, 4) is 0 Å². The predicted molar refractivity (Wildman–Crippen MR) is 72.1 cm³/mol. The fourth-order valence-electron chi connectivity index (χ4n) is 2.02. The molecule has 1 N–H and O–H groups in total. The van der Waals surface area contributed by atoms with Crippen molar-refractivity contribution in [2.24, 2.45) is 0 Å². The van der Waals surface area contributed by atoms with Gasteiger partial charge in [0.2, 0.25) is 0 Å². The zero-order valence-electron chi connectivity index (χ0n) is 10.8. The highest BCUT2D eigenvalue weighted by molar-refractivity contribution is 8.00. The monoisotopic (exact) mass is 269 g/mol. The standard InChI is InChI=1S/C13H19NO3S/c1-13(2)3-4-14(5-6-18-13)8-11-7-10(9-17-11)12(15)16/h7,9H,3-6,8H2,1-2H3,(H,15,16). The second kappa shape index (κ2) is 5.36. The van der Waals surface area contributed by atoms with Crippen molar-refractivity contribution in [1.82, 2.24) is 4.90 Å². The van der Waals surface area contributed by atoms with Crippen LogP contribution in [-0.2, 0) is 6.54 Å². The lowest BCUT2D eigenvalue weighted by Crippen LogP contribution is -2.26. The summed E-state index contributed by atoms with van der Waals surface area (Å²) in [4.78, 5) is 13.1. The van der Waals surface area contributed by atoms with E-state index in [4.69, 9.17) is 9.52 Å². The molecule has 0 amide bonds.